The number of amides is 1. The number of hydrogen-bond acceptors (Lipinski definition) is 7. The van der Waals surface area contributed by atoms with E-state index in [4.69, 9.17) is 26.5 Å². The number of aryl methyl sites for hydroxylation is 1. The lowest BCUT2D eigenvalue weighted by atomic mass is 9.81. The molecule has 0 saturated carbocycles. The van der Waals surface area contributed by atoms with Crippen LogP contribution < -0.4 is 15.4 Å². The number of carbonyl (C=O) groups is 1. The van der Waals surface area contributed by atoms with E-state index >= 15 is 0 Å². The number of aromatic hydroxyl groups is 2. The number of benzene rings is 4. The first-order valence-corrected chi connectivity index (χ1v) is 15.8. The summed E-state index contributed by atoms with van der Waals surface area (Å²) in [7, 11) is 0. The Morgan fingerprint density at radius 3 is 2.27 bits per heavy atom. The van der Waals surface area contributed by atoms with Crippen LogP contribution in [-0.4, -0.2) is 35.7 Å². The molecule has 2 unspecified atom stereocenters. The molecule has 4 N–H and O–H groups in total. The first-order chi connectivity index (χ1) is 23.6. The Labute approximate surface area is 284 Å². The summed E-state index contributed by atoms with van der Waals surface area (Å²) in [6.07, 6.45) is 1.87. The Kier molecular flexibility index (Phi) is 6.97. The van der Waals surface area contributed by atoms with E-state index in [2.05, 4.69) is 10.6 Å². The number of carbonyl (C=O) groups excluding carboxylic acids is 1. The van der Waals surface area contributed by atoms with Crippen LogP contribution >= 0.6 is 11.6 Å². The standard InChI is InChI=1S/C37H28ClFN6O4/c1-20-28-29(25-19-44(23-9-5-3-6-10-23)43-32(25)21-13-15-22(39)16-14-21)30-34(48)40-37(2,26-17-18-27(46)31(38)33(26)47)41-35(30)49-36(28)45(42-20)24-11-7-4-8-12-24/h3-19,29,41,46-47H,1-2H3,(H,40,48). The van der Waals surface area contributed by atoms with E-state index < -0.39 is 23.2 Å². The minimum absolute atomic E-state index is 0.127. The molecule has 4 aromatic carbocycles. The summed E-state index contributed by atoms with van der Waals surface area (Å²) in [6, 6.07) is 27.9. The van der Waals surface area contributed by atoms with Crippen LogP contribution in [0.15, 0.2) is 115 Å². The predicted octanol–water partition coefficient (Wildman–Crippen LogP) is 6.57. The summed E-state index contributed by atoms with van der Waals surface area (Å²) in [5, 5.41) is 37.0. The Bertz CT molecular complexity index is 2300. The minimum atomic E-state index is -1.42. The van der Waals surface area contributed by atoms with Crippen molar-refractivity contribution in [3.05, 3.63) is 148 Å². The fraction of sp³-hybridized carbons (Fsp3) is 0.108. The van der Waals surface area contributed by atoms with Crippen LogP contribution in [0.4, 0.5) is 4.39 Å². The van der Waals surface area contributed by atoms with Gasteiger partial charge in [-0.2, -0.15) is 10.2 Å². The molecule has 0 fully saturated rings. The number of halogens is 2. The molecule has 0 radical (unpaired) electrons. The lowest BCUT2D eigenvalue weighted by molar-refractivity contribution is -0.121. The number of aromatic nitrogens is 4. The van der Waals surface area contributed by atoms with Crippen LogP contribution in [0.5, 0.6) is 17.4 Å². The number of rotatable bonds is 5. The van der Waals surface area contributed by atoms with Crippen molar-refractivity contribution in [2.45, 2.75) is 25.4 Å². The second-order valence-corrected chi connectivity index (χ2v) is 12.4. The van der Waals surface area contributed by atoms with Crippen LogP contribution in [0.1, 0.15) is 35.2 Å². The molecule has 0 spiro atoms. The van der Waals surface area contributed by atoms with Crippen molar-refractivity contribution in [2.75, 3.05) is 0 Å². The lowest BCUT2D eigenvalue weighted by Crippen LogP contribution is -2.59. The second kappa shape index (κ2) is 11.3. The maximum absolute atomic E-state index is 14.5. The maximum atomic E-state index is 14.5. The first kappa shape index (κ1) is 30.3. The molecule has 1 amide bonds. The number of para-hydroxylation sites is 2. The van der Waals surface area contributed by atoms with E-state index in [0.717, 1.165) is 11.4 Å². The molecule has 244 valence electrons. The van der Waals surface area contributed by atoms with Gasteiger partial charge in [-0.25, -0.2) is 13.8 Å². The third-order valence-electron chi connectivity index (χ3n) is 8.88. The Balaban J connectivity index is 1.38. The number of phenolic OH excluding ortho intramolecular Hbond substituents is 2. The molecule has 10 nitrogen and oxygen atoms in total. The van der Waals surface area contributed by atoms with Crippen molar-refractivity contribution >= 4 is 17.5 Å². The number of phenols is 2. The van der Waals surface area contributed by atoms with Crippen LogP contribution in [-0.2, 0) is 10.5 Å². The summed E-state index contributed by atoms with van der Waals surface area (Å²) >= 11 is 6.21. The van der Waals surface area contributed by atoms with E-state index in [-0.39, 0.29) is 33.6 Å². The zero-order valence-corrected chi connectivity index (χ0v) is 26.9. The van der Waals surface area contributed by atoms with Gasteiger partial charge in [0.15, 0.2) is 0 Å². The highest BCUT2D eigenvalue weighted by atomic mass is 35.5. The average Bonchev–Trinajstić information content (AvgIpc) is 3.69. The zero-order valence-electron chi connectivity index (χ0n) is 26.1. The third-order valence-corrected chi connectivity index (χ3v) is 9.25. The van der Waals surface area contributed by atoms with E-state index in [1.807, 2.05) is 73.8 Å². The van der Waals surface area contributed by atoms with E-state index in [0.29, 0.717) is 34.0 Å². The summed E-state index contributed by atoms with van der Waals surface area (Å²) in [4.78, 5) is 14.5. The number of nitrogens with one attached hydrogen (secondary N) is 2. The van der Waals surface area contributed by atoms with Gasteiger partial charge in [0.25, 0.3) is 5.91 Å². The highest BCUT2D eigenvalue weighted by molar-refractivity contribution is 6.33. The van der Waals surface area contributed by atoms with Gasteiger partial charge in [-0.05, 0) is 74.5 Å². The molecule has 6 aromatic rings. The third kappa shape index (κ3) is 4.89. The van der Waals surface area contributed by atoms with E-state index in [1.54, 1.807) is 28.4 Å². The molecule has 4 heterocycles. The van der Waals surface area contributed by atoms with Gasteiger partial charge in [-0.15, -0.1) is 0 Å². The Morgan fingerprint density at radius 1 is 0.898 bits per heavy atom. The van der Waals surface area contributed by atoms with E-state index in [9.17, 15) is 19.4 Å². The van der Waals surface area contributed by atoms with Gasteiger partial charge >= 0.3 is 0 Å². The van der Waals surface area contributed by atoms with E-state index in [1.165, 1.54) is 24.3 Å². The Hall–Kier alpha value is -6.07. The minimum Gasteiger partial charge on any atom is -0.506 e. The molecule has 8 rings (SSSR count). The number of hydrogen-bond donors (Lipinski definition) is 4. The van der Waals surface area contributed by atoms with Gasteiger partial charge in [-0.3, -0.25) is 4.79 Å². The zero-order chi connectivity index (χ0) is 34.0. The van der Waals surface area contributed by atoms with Gasteiger partial charge in [0.2, 0.25) is 11.8 Å². The van der Waals surface area contributed by atoms with Crippen LogP contribution in [0.25, 0.3) is 22.6 Å². The van der Waals surface area contributed by atoms with Crippen molar-refractivity contribution in [3.63, 3.8) is 0 Å². The summed E-state index contributed by atoms with van der Waals surface area (Å²) in [5.74, 6) is -1.84. The van der Waals surface area contributed by atoms with Gasteiger partial charge < -0.3 is 25.6 Å². The molecule has 12 heteroatoms. The van der Waals surface area contributed by atoms with Gasteiger partial charge in [-0.1, -0.05) is 48.0 Å². The molecule has 49 heavy (non-hydrogen) atoms. The smallest absolute Gasteiger partial charge is 0.255 e. The lowest BCUT2D eigenvalue weighted by Gasteiger charge is -2.42. The largest absolute Gasteiger partial charge is 0.506 e. The second-order valence-electron chi connectivity index (χ2n) is 12.0. The summed E-state index contributed by atoms with van der Waals surface area (Å²) in [5.41, 5.74) is 3.66. The molecule has 2 aromatic heterocycles. The Morgan fingerprint density at radius 2 is 1.57 bits per heavy atom. The SMILES string of the molecule is Cc1nn(-c2ccccc2)c2c1C(c1cn(-c3ccccc3)nc1-c1ccc(F)cc1)C1=C(NC(C)(c3ccc(O)c(Cl)c3O)NC1=O)O2. The fourth-order valence-corrected chi connectivity index (χ4v) is 6.71. The van der Waals surface area contributed by atoms with Crippen molar-refractivity contribution in [2.24, 2.45) is 0 Å². The first-order valence-electron chi connectivity index (χ1n) is 15.4. The molecule has 2 aliphatic heterocycles. The predicted molar refractivity (Wildman–Crippen MR) is 180 cm³/mol. The van der Waals surface area contributed by atoms with Crippen molar-refractivity contribution < 1.29 is 24.1 Å². The van der Waals surface area contributed by atoms with Crippen LogP contribution in [0.3, 0.4) is 0 Å². The van der Waals surface area contributed by atoms with Crippen LogP contribution in [0, 0.1) is 12.7 Å². The summed E-state index contributed by atoms with van der Waals surface area (Å²) < 4.78 is 24.1. The molecule has 0 saturated heterocycles. The molecular formula is C37H28ClFN6O4. The highest BCUT2D eigenvalue weighted by Gasteiger charge is 2.48. The molecule has 2 aliphatic rings. The average molecular weight is 675 g/mol. The number of ether oxygens (including phenoxy) is 1. The number of nitrogens with zero attached hydrogens (tertiary/aromatic N) is 4. The normalized spacial score (nSPS) is 18.3. The van der Waals surface area contributed by atoms with Crippen molar-refractivity contribution in [1.82, 2.24) is 30.2 Å². The molecular weight excluding hydrogens is 647 g/mol. The van der Waals surface area contributed by atoms with Crippen molar-refractivity contribution in [1.29, 1.82) is 0 Å². The topological polar surface area (TPSA) is 126 Å². The molecule has 0 bridgehead atoms. The van der Waals surface area contributed by atoms with Gasteiger partial charge in [0.05, 0.1) is 39.8 Å². The molecule has 0 aliphatic carbocycles. The van der Waals surface area contributed by atoms with Gasteiger partial charge in [0.1, 0.15) is 28.0 Å². The van der Waals surface area contributed by atoms with Crippen molar-refractivity contribution in [3.8, 4) is 40.0 Å². The summed E-state index contributed by atoms with van der Waals surface area (Å²) in [6.45, 7) is 3.51. The maximum Gasteiger partial charge on any atom is 0.255 e. The monoisotopic (exact) mass is 674 g/mol. The van der Waals surface area contributed by atoms with Gasteiger partial charge in [0, 0.05) is 22.9 Å². The highest BCUT2D eigenvalue weighted by Crippen LogP contribution is 2.50. The number of fused-ring (bicyclic) bond motifs is 1. The van der Waals surface area contributed by atoms with Crippen LogP contribution in [0.2, 0.25) is 5.02 Å². The quantitative estimate of drug-likeness (QED) is 0.163. The fourth-order valence-electron chi connectivity index (χ4n) is 6.55. The molecule has 2 atom stereocenters.